The van der Waals surface area contributed by atoms with Crippen molar-refractivity contribution < 1.29 is 9.59 Å². The van der Waals surface area contributed by atoms with E-state index in [9.17, 15) is 9.59 Å². The molecule has 2 saturated carbocycles. The smallest absolute Gasteiger partial charge is 0.228 e. The van der Waals surface area contributed by atoms with Crippen LogP contribution in [0, 0.1) is 22.7 Å². The summed E-state index contributed by atoms with van der Waals surface area (Å²) >= 11 is 0. The fourth-order valence-corrected chi connectivity index (χ4v) is 5.86. The highest BCUT2D eigenvalue weighted by atomic mass is 16.2. The normalized spacial score (nSPS) is 20.9. The molecular formula is C36H44N2O2. The number of carbonyl (C=O) groups excluding carboxylic acids is 2. The van der Waals surface area contributed by atoms with Gasteiger partial charge in [0.25, 0.3) is 0 Å². The molecule has 2 unspecified atom stereocenters. The van der Waals surface area contributed by atoms with Crippen LogP contribution in [0.5, 0.6) is 0 Å². The maximum absolute atomic E-state index is 12.5. The van der Waals surface area contributed by atoms with Gasteiger partial charge in [0.1, 0.15) is 0 Å². The van der Waals surface area contributed by atoms with E-state index in [1.165, 1.54) is 22.3 Å². The van der Waals surface area contributed by atoms with Crippen molar-refractivity contribution in [2.45, 2.75) is 79.1 Å². The van der Waals surface area contributed by atoms with Crippen molar-refractivity contribution in [2.75, 3.05) is 10.6 Å². The molecule has 3 aromatic carbocycles. The fourth-order valence-electron chi connectivity index (χ4n) is 5.86. The van der Waals surface area contributed by atoms with Crippen LogP contribution in [0.4, 0.5) is 11.4 Å². The zero-order chi connectivity index (χ0) is 29.1. The van der Waals surface area contributed by atoms with E-state index in [1.807, 2.05) is 24.3 Å². The standard InChI is InChI=1S/C36H44N2O2/c1-33(2)21-29(33)31(39)37-27-16-12-23(13-17-27)35(5,6)25-10-9-11-26(20-25)36(7,8)24-14-18-28(19-15-24)38-32(40)30-22-34(30,3)4/h9-20,29-30H,21-22H2,1-8H3,(H,37,39)(H,38,40). The molecular weight excluding hydrogens is 492 g/mol. The molecule has 5 rings (SSSR count). The van der Waals surface area contributed by atoms with Gasteiger partial charge in [-0.15, -0.1) is 0 Å². The third-order valence-corrected chi connectivity index (χ3v) is 9.71. The van der Waals surface area contributed by atoms with Crippen LogP contribution in [0.15, 0.2) is 72.8 Å². The Bertz CT molecular complexity index is 1320. The number of rotatable bonds is 8. The lowest BCUT2D eigenvalue weighted by molar-refractivity contribution is -0.118. The van der Waals surface area contributed by atoms with Crippen molar-refractivity contribution in [1.29, 1.82) is 0 Å². The van der Waals surface area contributed by atoms with Gasteiger partial charge < -0.3 is 10.6 Å². The lowest BCUT2D eigenvalue weighted by Crippen LogP contribution is -2.23. The van der Waals surface area contributed by atoms with Gasteiger partial charge in [-0.05, 0) is 70.2 Å². The highest BCUT2D eigenvalue weighted by molar-refractivity contribution is 5.95. The average Bonchev–Trinajstić information content (AvgIpc) is 3.77. The van der Waals surface area contributed by atoms with Gasteiger partial charge >= 0.3 is 0 Å². The molecule has 2 aliphatic carbocycles. The molecule has 40 heavy (non-hydrogen) atoms. The largest absolute Gasteiger partial charge is 0.326 e. The van der Waals surface area contributed by atoms with Crippen LogP contribution >= 0.6 is 0 Å². The van der Waals surface area contributed by atoms with E-state index in [1.54, 1.807) is 0 Å². The first-order valence-corrected chi connectivity index (χ1v) is 14.6. The third-order valence-electron chi connectivity index (χ3n) is 9.71. The molecule has 210 valence electrons. The molecule has 2 aliphatic rings. The van der Waals surface area contributed by atoms with Gasteiger partial charge in [-0.1, -0.05) is 104 Å². The average molecular weight is 537 g/mol. The minimum Gasteiger partial charge on any atom is -0.326 e. The summed E-state index contributed by atoms with van der Waals surface area (Å²) in [4.78, 5) is 25.1. The second-order valence-electron chi connectivity index (χ2n) is 14.5. The van der Waals surface area contributed by atoms with Crippen LogP contribution in [0.3, 0.4) is 0 Å². The van der Waals surface area contributed by atoms with E-state index in [2.05, 4.69) is 115 Å². The maximum atomic E-state index is 12.5. The summed E-state index contributed by atoms with van der Waals surface area (Å²) in [6.07, 6.45) is 1.91. The van der Waals surface area contributed by atoms with E-state index in [4.69, 9.17) is 0 Å². The molecule has 0 aliphatic heterocycles. The number of hydrogen-bond acceptors (Lipinski definition) is 2. The van der Waals surface area contributed by atoms with Crippen molar-refractivity contribution in [3.8, 4) is 0 Å². The Hall–Kier alpha value is -3.40. The molecule has 3 aromatic rings. The highest BCUT2D eigenvalue weighted by Crippen LogP contribution is 2.52. The van der Waals surface area contributed by atoms with Gasteiger partial charge in [-0.25, -0.2) is 0 Å². The van der Waals surface area contributed by atoms with Gasteiger partial charge in [0.05, 0.1) is 0 Å². The second-order valence-corrected chi connectivity index (χ2v) is 14.5. The first kappa shape index (κ1) is 28.1. The van der Waals surface area contributed by atoms with Crippen LogP contribution in [-0.2, 0) is 20.4 Å². The van der Waals surface area contributed by atoms with Crippen molar-refractivity contribution in [3.05, 3.63) is 95.1 Å². The number of carbonyl (C=O) groups is 2. The zero-order valence-electron chi connectivity index (χ0n) is 25.3. The van der Waals surface area contributed by atoms with Gasteiger partial charge in [0.2, 0.25) is 11.8 Å². The van der Waals surface area contributed by atoms with Crippen molar-refractivity contribution in [1.82, 2.24) is 0 Å². The van der Waals surface area contributed by atoms with Gasteiger partial charge in [0, 0.05) is 34.0 Å². The summed E-state index contributed by atoms with van der Waals surface area (Å²) in [5.41, 5.74) is 6.40. The molecule has 0 aromatic heterocycles. The van der Waals surface area contributed by atoms with Gasteiger partial charge in [-0.2, -0.15) is 0 Å². The molecule has 4 heteroatoms. The summed E-state index contributed by atoms with van der Waals surface area (Å²) in [6.45, 7) is 17.6. The van der Waals surface area contributed by atoms with E-state index >= 15 is 0 Å². The Labute approximate surface area is 240 Å². The van der Waals surface area contributed by atoms with Crippen molar-refractivity contribution >= 4 is 23.2 Å². The molecule has 0 bridgehead atoms. The number of nitrogens with one attached hydrogen (secondary N) is 2. The lowest BCUT2D eigenvalue weighted by atomic mass is 9.73. The summed E-state index contributed by atoms with van der Waals surface area (Å²) in [5.74, 6) is 0.461. The van der Waals surface area contributed by atoms with E-state index < -0.39 is 0 Å². The Kier molecular flexibility index (Phi) is 6.76. The van der Waals surface area contributed by atoms with E-state index in [0.29, 0.717) is 0 Å². The number of anilines is 2. The topological polar surface area (TPSA) is 58.2 Å². The summed E-state index contributed by atoms with van der Waals surface area (Å²) in [5, 5.41) is 6.18. The quantitative estimate of drug-likeness (QED) is 0.304. The molecule has 0 radical (unpaired) electrons. The van der Waals surface area contributed by atoms with Crippen molar-refractivity contribution in [2.24, 2.45) is 22.7 Å². The summed E-state index contributed by atoms with van der Waals surface area (Å²) in [7, 11) is 0. The molecule has 0 saturated heterocycles. The Morgan fingerprint density at radius 2 is 0.925 bits per heavy atom. The minimum atomic E-state index is -0.210. The number of hydrogen-bond donors (Lipinski definition) is 2. The predicted molar refractivity (Wildman–Crippen MR) is 165 cm³/mol. The van der Waals surface area contributed by atoms with Crippen LogP contribution in [0.1, 0.15) is 90.5 Å². The molecule has 2 fully saturated rings. The zero-order valence-corrected chi connectivity index (χ0v) is 25.3. The monoisotopic (exact) mass is 536 g/mol. The van der Waals surface area contributed by atoms with Crippen LogP contribution in [0.2, 0.25) is 0 Å². The first-order chi connectivity index (χ1) is 18.6. The summed E-state index contributed by atoms with van der Waals surface area (Å²) in [6, 6.07) is 25.4. The maximum Gasteiger partial charge on any atom is 0.228 e. The van der Waals surface area contributed by atoms with Crippen LogP contribution in [0.25, 0.3) is 0 Å². The van der Waals surface area contributed by atoms with Crippen molar-refractivity contribution in [3.63, 3.8) is 0 Å². The second kappa shape index (κ2) is 9.61. The molecule has 4 nitrogen and oxygen atoms in total. The fraction of sp³-hybridized carbons (Fsp3) is 0.444. The molecule has 0 heterocycles. The first-order valence-electron chi connectivity index (χ1n) is 14.6. The molecule has 2 atom stereocenters. The predicted octanol–water partition coefficient (Wildman–Crippen LogP) is 8.31. The lowest BCUT2D eigenvalue weighted by Gasteiger charge is -2.31. The van der Waals surface area contributed by atoms with Crippen LogP contribution < -0.4 is 10.6 Å². The molecule has 0 spiro atoms. The number of benzene rings is 3. The van der Waals surface area contributed by atoms with E-state index in [-0.39, 0.29) is 45.3 Å². The Morgan fingerprint density at radius 3 is 1.23 bits per heavy atom. The van der Waals surface area contributed by atoms with Gasteiger partial charge in [0.15, 0.2) is 0 Å². The van der Waals surface area contributed by atoms with E-state index in [0.717, 1.165) is 24.2 Å². The molecule has 2 N–H and O–H groups in total. The van der Waals surface area contributed by atoms with Gasteiger partial charge in [-0.3, -0.25) is 9.59 Å². The SMILES string of the molecule is CC(C)(c1ccc(NC(=O)C2CC2(C)C)cc1)c1cccc(C(C)(C)c2ccc(NC(=O)C3CC3(C)C)cc2)c1. The highest BCUT2D eigenvalue weighted by Gasteiger charge is 2.51. The minimum absolute atomic E-state index is 0.111. The Morgan fingerprint density at radius 1 is 0.600 bits per heavy atom. The Balaban J connectivity index is 1.30. The number of amides is 2. The third kappa shape index (κ3) is 5.46. The molecule has 2 amide bonds. The van der Waals surface area contributed by atoms with Crippen LogP contribution in [-0.4, -0.2) is 11.8 Å². The summed E-state index contributed by atoms with van der Waals surface area (Å²) < 4.78 is 0.